The highest BCUT2D eigenvalue weighted by atomic mass is 32.2. The van der Waals surface area contributed by atoms with Gasteiger partial charge in [0.25, 0.3) is 0 Å². The van der Waals surface area contributed by atoms with Crippen LogP contribution in [0.4, 0.5) is 0 Å². The van der Waals surface area contributed by atoms with Crippen LogP contribution >= 0.6 is 11.8 Å². The van der Waals surface area contributed by atoms with E-state index in [1.54, 1.807) is 0 Å². The minimum atomic E-state index is 0.759. The Morgan fingerprint density at radius 3 is 3.00 bits per heavy atom. The zero-order chi connectivity index (χ0) is 10.5. The van der Waals surface area contributed by atoms with Gasteiger partial charge in [-0.25, -0.2) is 0 Å². The molecule has 0 radical (unpaired) electrons. The maximum absolute atomic E-state index is 3.71. The summed E-state index contributed by atoms with van der Waals surface area (Å²) in [5.74, 6) is 3.55. The fourth-order valence-electron chi connectivity index (χ4n) is 2.66. The van der Waals surface area contributed by atoms with E-state index in [-0.39, 0.29) is 0 Å². The van der Waals surface area contributed by atoms with Crippen molar-refractivity contribution in [2.24, 2.45) is 5.92 Å². The summed E-state index contributed by atoms with van der Waals surface area (Å²) in [6, 6.07) is 1.58. The lowest BCUT2D eigenvalue weighted by Gasteiger charge is -2.24. The Balaban J connectivity index is 1.54. The number of hydrogen-bond donors (Lipinski definition) is 2. The molecule has 0 bridgehead atoms. The summed E-state index contributed by atoms with van der Waals surface area (Å²) < 4.78 is 0. The van der Waals surface area contributed by atoms with Gasteiger partial charge in [0.15, 0.2) is 0 Å². The van der Waals surface area contributed by atoms with Gasteiger partial charge in [0.1, 0.15) is 0 Å². The van der Waals surface area contributed by atoms with Crippen molar-refractivity contribution in [3.05, 3.63) is 0 Å². The van der Waals surface area contributed by atoms with Crippen LogP contribution in [0.2, 0.25) is 0 Å². The largest absolute Gasteiger partial charge is 0.314 e. The second-order valence-electron chi connectivity index (χ2n) is 5.08. The predicted octanol–water partition coefficient (Wildman–Crippen LogP) is 1.86. The van der Waals surface area contributed by atoms with Crippen molar-refractivity contribution in [3.8, 4) is 0 Å². The fraction of sp³-hybridized carbons (Fsp3) is 1.00. The lowest BCUT2D eigenvalue weighted by Crippen LogP contribution is -2.40. The van der Waals surface area contributed by atoms with Crippen LogP contribution < -0.4 is 10.6 Å². The standard InChI is InChI=1S/C12H24N2S/c1-10-2-3-11(8-10)13-5-4-12-9-15-7-6-14-12/h10-14H,2-9H2,1H3. The fourth-order valence-corrected chi connectivity index (χ4v) is 3.66. The van der Waals surface area contributed by atoms with Crippen LogP contribution in [0.3, 0.4) is 0 Å². The van der Waals surface area contributed by atoms with Crippen molar-refractivity contribution in [3.63, 3.8) is 0 Å². The van der Waals surface area contributed by atoms with Gasteiger partial charge in [-0.2, -0.15) is 11.8 Å². The van der Waals surface area contributed by atoms with Crippen molar-refractivity contribution in [1.82, 2.24) is 10.6 Å². The molecule has 0 aromatic rings. The third-order valence-corrected chi connectivity index (χ3v) is 4.75. The monoisotopic (exact) mass is 228 g/mol. The van der Waals surface area contributed by atoms with E-state index in [4.69, 9.17) is 0 Å². The molecule has 2 rings (SSSR count). The zero-order valence-corrected chi connectivity index (χ0v) is 10.6. The van der Waals surface area contributed by atoms with E-state index in [0.717, 1.165) is 18.0 Å². The Labute approximate surface area is 98.0 Å². The molecule has 1 saturated heterocycles. The first kappa shape index (κ1) is 11.7. The van der Waals surface area contributed by atoms with E-state index in [1.807, 2.05) is 0 Å². The first-order valence-electron chi connectivity index (χ1n) is 6.39. The zero-order valence-electron chi connectivity index (χ0n) is 9.80. The van der Waals surface area contributed by atoms with Gasteiger partial charge in [-0.15, -0.1) is 0 Å². The highest BCUT2D eigenvalue weighted by molar-refractivity contribution is 7.99. The van der Waals surface area contributed by atoms with Gasteiger partial charge in [-0.3, -0.25) is 0 Å². The Morgan fingerprint density at radius 1 is 1.40 bits per heavy atom. The summed E-state index contributed by atoms with van der Waals surface area (Å²) in [6.07, 6.45) is 5.52. The topological polar surface area (TPSA) is 24.1 Å². The van der Waals surface area contributed by atoms with E-state index in [9.17, 15) is 0 Å². The van der Waals surface area contributed by atoms with Crippen LogP contribution in [0, 0.1) is 5.92 Å². The summed E-state index contributed by atoms with van der Waals surface area (Å²) in [7, 11) is 0. The van der Waals surface area contributed by atoms with Crippen molar-refractivity contribution in [2.75, 3.05) is 24.6 Å². The van der Waals surface area contributed by atoms with Gasteiger partial charge in [0.05, 0.1) is 0 Å². The third-order valence-electron chi connectivity index (χ3n) is 3.62. The second-order valence-corrected chi connectivity index (χ2v) is 6.23. The molecule has 3 atom stereocenters. The molecular weight excluding hydrogens is 204 g/mol. The molecule has 0 aromatic carbocycles. The van der Waals surface area contributed by atoms with E-state index < -0.39 is 0 Å². The average Bonchev–Trinajstić information content (AvgIpc) is 2.66. The molecule has 0 spiro atoms. The maximum atomic E-state index is 3.71. The predicted molar refractivity (Wildman–Crippen MR) is 68.5 cm³/mol. The van der Waals surface area contributed by atoms with Gasteiger partial charge in [0.2, 0.25) is 0 Å². The molecule has 3 unspecified atom stereocenters. The molecule has 2 N–H and O–H groups in total. The Bertz CT molecular complexity index is 176. The van der Waals surface area contributed by atoms with E-state index in [2.05, 4.69) is 29.3 Å². The van der Waals surface area contributed by atoms with Gasteiger partial charge < -0.3 is 10.6 Å². The van der Waals surface area contributed by atoms with E-state index in [1.165, 1.54) is 50.3 Å². The Hall–Kier alpha value is 0.270. The molecule has 1 aliphatic carbocycles. The van der Waals surface area contributed by atoms with Gasteiger partial charge >= 0.3 is 0 Å². The van der Waals surface area contributed by atoms with Gasteiger partial charge in [-0.05, 0) is 38.1 Å². The van der Waals surface area contributed by atoms with Crippen LogP contribution in [0.25, 0.3) is 0 Å². The highest BCUT2D eigenvalue weighted by Gasteiger charge is 2.20. The van der Waals surface area contributed by atoms with Crippen LogP contribution in [0.1, 0.15) is 32.6 Å². The van der Waals surface area contributed by atoms with Crippen LogP contribution in [-0.2, 0) is 0 Å². The lowest BCUT2D eigenvalue weighted by atomic mass is 10.1. The SMILES string of the molecule is CC1CCC(NCCC2CSCCN2)C1. The van der Waals surface area contributed by atoms with E-state index in [0.29, 0.717) is 0 Å². The van der Waals surface area contributed by atoms with Crippen molar-refractivity contribution < 1.29 is 0 Å². The summed E-state index contributed by atoms with van der Waals surface area (Å²) >= 11 is 2.10. The molecule has 1 saturated carbocycles. The highest BCUT2D eigenvalue weighted by Crippen LogP contribution is 2.24. The first-order chi connectivity index (χ1) is 7.34. The molecule has 2 aliphatic rings. The number of hydrogen-bond acceptors (Lipinski definition) is 3. The summed E-state index contributed by atoms with van der Waals surface area (Å²) in [5, 5.41) is 7.30. The molecule has 15 heavy (non-hydrogen) atoms. The quantitative estimate of drug-likeness (QED) is 0.768. The van der Waals surface area contributed by atoms with Crippen molar-refractivity contribution in [2.45, 2.75) is 44.7 Å². The average molecular weight is 228 g/mol. The van der Waals surface area contributed by atoms with Crippen LogP contribution in [0.5, 0.6) is 0 Å². The molecule has 2 fully saturated rings. The molecular formula is C12H24N2S. The molecule has 1 heterocycles. The maximum Gasteiger partial charge on any atom is 0.0170 e. The van der Waals surface area contributed by atoms with Crippen LogP contribution in [0.15, 0.2) is 0 Å². The molecule has 3 heteroatoms. The minimum Gasteiger partial charge on any atom is -0.314 e. The van der Waals surface area contributed by atoms with Gasteiger partial charge in [0, 0.05) is 30.1 Å². The van der Waals surface area contributed by atoms with Crippen LogP contribution in [-0.4, -0.2) is 36.7 Å². The molecule has 1 aliphatic heterocycles. The molecule has 0 amide bonds. The number of rotatable bonds is 4. The molecule has 2 nitrogen and oxygen atoms in total. The molecule has 88 valence electrons. The molecule has 0 aromatic heterocycles. The number of nitrogens with one attached hydrogen (secondary N) is 2. The lowest BCUT2D eigenvalue weighted by molar-refractivity contribution is 0.454. The summed E-state index contributed by atoms with van der Waals surface area (Å²) in [4.78, 5) is 0. The normalized spacial score (nSPS) is 37.0. The second kappa shape index (κ2) is 6.12. The summed E-state index contributed by atoms with van der Waals surface area (Å²) in [6.45, 7) is 4.78. The first-order valence-corrected chi connectivity index (χ1v) is 7.54. The summed E-state index contributed by atoms with van der Waals surface area (Å²) in [5.41, 5.74) is 0. The third kappa shape index (κ3) is 3.97. The Morgan fingerprint density at radius 2 is 2.33 bits per heavy atom. The van der Waals surface area contributed by atoms with E-state index >= 15 is 0 Å². The Kier molecular flexibility index (Phi) is 4.79. The van der Waals surface area contributed by atoms with Crippen molar-refractivity contribution >= 4 is 11.8 Å². The minimum absolute atomic E-state index is 0.759. The van der Waals surface area contributed by atoms with Crippen molar-refractivity contribution in [1.29, 1.82) is 0 Å². The number of thioether (sulfide) groups is 1. The smallest absolute Gasteiger partial charge is 0.0170 e. The van der Waals surface area contributed by atoms with Gasteiger partial charge in [-0.1, -0.05) is 6.92 Å².